The van der Waals surface area contributed by atoms with E-state index in [-0.39, 0.29) is 39.2 Å². The second-order valence-corrected chi connectivity index (χ2v) is 23.3. The number of benzene rings is 7. The highest BCUT2D eigenvalue weighted by Gasteiger charge is 2.73. The summed E-state index contributed by atoms with van der Waals surface area (Å²) in [6, 6.07) is 59.7. The molecule has 0 amide bonds. The summed E-state index contributed by atoms with van der Waals surface area (Å²) in [6.45, 7) is 15.9. The molecule has 2 aliphatic heterocycles. The molecule has 15 rings (SSSR count). The number of hydrogen-bond donors (Lipinski definition) is 0. The van der Waals surface area contributed by atoms with Gasteiger partial charge in [-0.3, -0.25) is 0 Å². The number of nitrogens with zero attached hydrogens (tertiary/aromatic N) is 2. The van der Waals surface area contributed by atoms with Gasteiger partial charge in [-0.05, 0) is 170 Å². The van der Waals surface area contributed by atoms with Crippen LogP contribution in [0.4, 0.5) is 34.1 Å². The third-order valence-electron chi connectivity index (χ3n) is 21.4. The van der Waals surface area contributed by atoms with E-state index in [1.165, 1.54) is 111 Å². The van der Waals surface area contributed by atoms with Crippen LogP contribution in [0.5, 0.6) is 0 Å². The molecule has 2 spiro atoms. The predicted molar refractivity (Wildman–Crippen MR) is 271 cm³/mol. The van der Waals surface area contributed by atoms with Gasteiger partial charge in [0.25, 0.3) is 6.71 Å². The first-order valence-corrected chi connectivity index (χ1v) is 24.9. The SMILES string of the molecule is CC1(C)C2CC[C@]1(C)[C@@]1(C2)c2ccccc2-c2c1cc1c3c2N(c2ccccc2)c2cc4c(cc2B3c2ccccc2N1c1ccccc1)-c1ccccc1[C@]41C[C@@H]2CC[C@@]1(C)C2(C)C. The highest BCUT2D eigenvalue weighted by atomic mass is 15.2. The Kier molecular flexibility index (Phi) is 6.78. The molecule has 4 fully saturated rings. The van der Waals surface area contributed by atoms with Gasteiger partial charge >= 0.3 is 0 Å². The predicted octanol–water partition coefficient (Wildman–Crippen LogP) is 14.0. The molecule has 3 heteroatoms. The zero-order valence-corrected chi connectivity index (χ0v) is 38.8. The number of hydrogen-bond acceptors (Lipinski definition) is 2. The van der Waals surface area contributed by atoms with Crippen LogP contribution in [0.1, 0.15) is 102 Å². The molecule has 1 unspecified atom stereocenters. The van der Waals surface area contributed by atoms with Gasteiger partial charge in [0.05, 0.1) is 5.69 Å². The van der Waals surface area contributed by atoms with Gasteiger partial charge < -0.3 is 9.80 Å². The molecule has 2 nitrogen and oxygen atoms in total. The second-order valence-electron chi connectivity index (χ2n) is 23.3. The molecule has 8 aliphatic rings. The molecule has 0 N–H and O–H groups in total. The fraction of sp³-hybridized carbons (Fsp3) is 0.323. The van der Waals surface area contributed by atoms with Crippen molar-refractivity contribution in [2.24, 2.45) is 33.5 Å². The Morgan fingerprint density at radius 3 is 1.58 bits per heavy atom. The normalized spacial score (nSPS) is 30.0. The molecule has 6 atom stereocenters. The molecule has 2 heterocycles. The largest absolute Gasteiger partial charge is 0.311 e. The van der Waals surface area contributed by atoms with Crippen LogP contribution in [0, 0.1) is 33.5 Å². The number of anilines is 6. The van der Waals surface area contributed by atoms with Gasteiger partial charge in [0, 0.05) is 44.8 Å². The highest BCUT2D eigenvalue weighted by Crippen LogP contribution is 2.80. The van der Waals surface area contributed by atoms with Gasteiger partial charge in [-0.1, -0.05) is 151 Å². The fourth-order valence-electron chi connectivity index (χ4n) is 17.7. The maximum atomic E-state index is 2.79. The van der Waals surface area contributed by atoms with Crippen LogP contribution >= 0.6 is 0 Å². The van der Waals surface area contributed by atoms with Crippen LogP contribution in [-0.2, 0) is 10.8 Å². The van der Waals surface area contributed by atoms with Gasteiger partial charge in [-0.25, -0.2) is 0 Å². The molecule has 0 radical (unpaired) electrons. The van der Waals surface area contributed by atoms with Crippen molar-refractivity contribution in [1.29, 1.82) is 0 Å². The van der Waals surface area contributed by atoms with E-state index < -0.39 is 0 Å². The van der Waals surface area contributed by atoms with Crippen LogP contribution < -0.4 is 26.2 Å². The van der Waals surface area contributed by atoms with E-state index in [0.717, 1.165) is 0 Å². The first kappa shape index (κ1) is 37.4. The molecule has 0 aromatic heterocycles. The van der Waals surface area contributed by atoms with Crippen LogP contribution in [0.3, 0.4) is 0 Å². The first-order valence-electron chi connectivity index (χ1n) is 24.9. The molecule has 318 valence electrons. The Bertz CT molecular complexity index is 3260. The number of para-hydroxylation sites is 3. The Morgan fingerprint density at radius 1 is 0.446 bits per heavy atom. The monoisotopic (exact) mass is 840 g/mol. The van der Waals surface area contributed by atoms with Gasteiger partial charge in [0.1, 0.15) is 0 Å². The van der Waals surface area contributed by atoms with Crippen molar-refractivity contribution in [2.45, 2.75) is 90.9 Å². The van der Waals surface area contributed by atoms with Crippen molar-refractivity contribution in [3.05, 3.63) is 174 Å². The topological polar surface area (TPSA) is 6.48 Å². The van der Waals surface area contributed by atoms with Gasteiger partial charge in [-0.2, -0.15) is 0 Å². The lowest BCUT2D eigenvalue weighted by Crippen LogP contribution is -2.61. The highest BCUT2D eigenvalue weighted by molar-refractivity contribution is 7.00. The second kappa shape index (κ2) is 11.8. The van der Waals surface area contributed by atoms with E-state index >= 15 is 0 Å². The lowest BCUT2D eigenvalue weighted by atomic mass is 9.33. The summed E-state index contributed by atoms with van der Waals surface area (Å²) in [6.07, 6.45) is 7.62. The Morgan fingerprint density at radius 2 is 0.969 bits per heavy atom. The lowest BCUT2D eigenvalue weighted by Gasteiger charge is -2.50. The zero-order chi connectivity index (χ0) is 43.6. The maximum absolute atomic E-state index is 2.79. The van der Waals surface area contributed by atoms with E-state index in [9.17, 15) is 0 Å². The van der Waals surface area contributed by atoms with Crippen LogP contribution in [0.2, 0.25) is 0 Å². The molecule has 0 saturated heterocycles. The van der Waals surface area contributed by atoms with Gasteiger partial charge in [0.2, 0.25) is 0 Å². The summed E-state index contributed by atoms with van der Waals surface area (Å²) in [7, 11) is 0. The van der Waals surface area contributed by atoms with Crippen molar-refractivity contribution in [1.82, 2.24) is 0 Å². The Labute approximate surface area is 385 Å². The summed E-state index contributed by atoms with van der Waals surface area (Å²) in [4.78, 5) is 5.43. The maximum Gasteiger partial charge on any atom is 0.252 e. The summed E-state index contributed by atoms with van der Waals surface area (Å²) in [5.41, 5.74) is 24.8. The Balaban J connectivity index is 1.12. The van der Waals surface area contributed by atoms with Crippen molar-refractivity contribution >= 4 is 57.2 Å². The first-order chi connectivity index (χ1) is 31.5. The van der Waals surface area contributed by atoms with Crippen molar-refractivity contribution in [3.63, 3.8) is 0 Å². The molecule has 4 bridgehead atoms. The zero-order valence-electron chi connectivity index (χ0n) is 38.8. The van der Waals surface area contributed by atoms with E-state index in [2.05, 4.69) is 203 Å². The summed E-state index contributed by atoms with van der Waals surface area (Å²) in [5.74, 6) is 1.38. The summed E-state index contributed by atoms with van der Waals surface area (Å²) >= 11 is 0. The molecular weight excluding hydrogens is 784 g/mol. The third-order valence-corrected chi connectivity index (χ3v) is 21.4. The average molecular weight is 841 g/mol. The van der Waals surface area contributed by atoms with E-state index in [4.69, 9.17) is 0 Å². The lowest BCUT2D eigenvalue weighted by molar-refractivity contribution is 0.0990. The molecule has 7 aromatic carbocycles. The molecule has 65 heavy (non-hydrogen) atoms. The standard InChI is InChI=1S/C62H57BN2/c1-57(2)38-29-31-59(57,5)61(36-38)45-25-15-13-23-42(45)44-33-50-52(34-47(44)61)65(41-21-11-8-12-22-41)56-54-43-24-14-16-26-46(43)62(37-39-30-32-60(62,6)58(39,3)4)48(54)35-53-55(56)63(50)49-27-17-18-28-51(49)64(53)40-19-9-7-10-20-40/h7-28,33-35,38-39H,29-32,36-37H2,1-6H3/t38-,39?,59-,60-,61+,62-/m0/s1. The van der Waals surface area contributed by atoms with Crippen molar-refractivity contribution in [3.8, 4) is 22.3 Å². The van der Waals surface area contributed by atoms with E-state index in [1.54, 1.807) is 22.3 Å². The minimum absolute atomic E-state index is 0.0404. The van der Waals surface area contributed by atoms with E-state index in [0.29, 0.717) is 11.8 Å². The molecule has 4 saturated carbocycles. The van der Waals surface area contributed by atoms with Crippen LogP contribution in [0.25, 0.3) is 22.3 Å². The fourth-order valence-corrected chi connectivity index (χ4v) is 17.7. The average Bonchev–Trinajstić information content (AvgIpc) is 4.02. The number of fused-ring (bicyclic) bond motifs is 21. The van der Waals surface area contributed by atoms with Crippen LogP contribution in [-0.4, -0.2) is 6.71 Å². The summed E-state index contributed by atoms with van der Waals surface area (Å²) in [5, 5.41) is 0. The number of rotatable bonds is 2. The van der Waals surface area contributed by atoms with Gasteiger partial charge in [0.15, 0.2) is 0 Å². The summed E-state index contributed by atoms with van der Waals surface area (Å²) < 4.78 is 0. The molecule has 7 aromatic rings. The van der Waals surface area contributed by atoms with E-state index in [1.807, 2.05) is 0 Å². The molecular formula is C62H57BN2. The minimum Gasteiger partial charge on any atom is -0.311 e. The third kappa shape index (κ3) is 3.90. The van der Waals surface area contributed by atoms with Crippen molar-refractivity contribution < 1.29 is 0 Å². The van der Waals surface area contributed by atoms with Crippen LogP contribution in [0.15, 0.2) is 152 Å². The van der Waals surface area contributed by atoms with Crippen molar-refractivity contribution in [2.75, 3.05) is 9.80 Å². The quantitative estimate of drug-likeness (QED) is 0.160. The molecule has 6 aliphatic carbocycles. The Hall–Kier alpha value is -5.80. The van der Waals surface area contributed by atoms with Gasteiger partial charge in [-0.15, -0.1) is 0 Å². The minimum atomic E-state index is -0.0960. The smallest absolute Gasteiger partial charge is 0.252 e.